The molecule has 0 bridgehead atoms. The van der Waals surface area contributed by atoms with Crippen LogP contribution in [-0.4, -0.2) is 38.7 Å². The van der Waals surface area contributed by atoms with Gasteiger partial charge in [0.25, 0.3) is 0 Å². The second-order valence-corrected chi connectivity index (χ2v) is 5.37. The van der Waals surface area contributed by atoms with Crippen LogP contribution < -0.4 is 5.43 Å². The van der Waals surface area contributed by atoms with Crippen LogP contribution in [0.25, 0.3) is 0 Å². The van der Waals surface area contributed by atoms with Crippen molar-refractivity contribution in [1.29, 1.82) is 0 Å². The van der Waals surface area contributed by atoms with Crippen LogP contribution in [0.3, 0.4) is 0 Å². The monoisotopic (exact) mass is 292 g/mol. The number of pyridine rings is 1. The Kier molecular flexibility index (Phi) is 4.80. The highest BCUT2D eigenvalue weighted by Crippen LogP contribution is 2.19. The number of allylic oxidation sites excluding steroid dienone is 1. The number of nitrogens with zero attached hydrogens (tertiary/aromatic N) is 2. The molecule has 2 rings (SSSR count). The first kappa shape index (κ1) is 15.3. The summed E-state index contributed by atoms with van der Waals surface area (Å²) < 4.78 is 1.76. The standard InChI is InChI=1S/C15H20N2O4/c1-2-5-17-10-14(19)13(18)7-12(17)9-16-6-3-4-11(8-16)15(20)21/h2,7,10-11,19H,1,3-6,8-9H2,(H,20,21). The number of carbonyl (C=O) groups is 1. The predicted molar refractivity (Wildman–Crippen MR) is 78.2 cm³/mol. The topological polar surface area (TPSA) is 82.8 Å². The largest absolute Gasteiger partial charge is 0.503 e. The van der Waals surface area contributed by atoms with Crippen LogP contribution in [0, 0.1) is 5.92 Å². The Hall–Kier alpha value is -2.08. The Morgan fingerprint density at radius 3 is 2.95 bits per heavy atom. The van der Waals surface area contributed by atoms with Gasteiger partial charge in [-0.05, 0) is 19.4 Å². The summed E-state index contributed by atoms with van der Waals surface area (Å²) in [6.45, 7) is 5.94. The molecule has 21 heavy (non-hydrogen) atoms. The summed E-state index contributed by atoms with van der Waals surface area (Å²) in [5.41, 5.74) is 0.334. The smallest absolute Gasteiger partial charge is 0.307 e. The molecule has 0 aliphatic carbocycles. The van der Waals surface area contributed by atoms with Crippen molar-refractivity contribution in [3.05, 3.63) is 40.8 Å². The molecule has 1 unspecified atom stereocenters. The van der Waals surface area contributed by atoms with Crippen molar-refractivity contribution >= 4 is 5.97 Å². The molecule has 1 aromatic heterocycles. The summed E-state index contributed by atoms with van der Waals surface area (Å²) in [6.07, 6.45) is 4.61. The predicted octanol–water partition coefficient (Wildman–Crippen LogP) is 1.04. The minimum atomic E-state index is -0.770. The molecule has 1 aliphatic heterocycles. The van der Waals surface area contributed by atoms with E-state index in [0.29, 0.717) is 26.1 Å². The average Bonchev–Trinajstić information content (AvgIpc) is 2.45. The third-order valence-electron chi connectivity index (χ3n) is 3.76. The second kappa shape index (κ2) is 6.58. The molecule has 1 aliphatic rings. The van der Waals surface area contributed by atoms with E-state index in [2.05, 4.69) is 6.58 Å². The van der Waals surface area contributed by atoms with Gasteiger partial charge in [-0.25, -0.2) is 0 Å². The summed E-state index contributed by atoms with van der Waals surface area (Å²) in [6, 6.07) is 1.41. The van der Waals surface area contributed by atoms with Gasteiger partial charge in [-0.3, -0.25) is 14.5 Å². The number of aliphatic carboxylic acids is 1. The van der Waals surface area contributed by atoms with Crippen molar-refractivity contribution < 1.29 is 15.0 Å². The van der Waals surface area contributed by atoms with Crippen LogP contribution in [0.5, 0.6) is 5.75 Å². The number of carboxylic acid groups (broad SMARTS) is 1. The first-order valence-corrected chi connectivity index (χ1v) is 6.99. The zero-order chi connectivity index (χ0) is 15.4. The number of rotatable bonds is 5. The van der Waals surface area contributed by atoms with Crippen LogP contribution in [0.1, 0.15) is 18.5 Å². The molecule has 0 radical (unpaired) electrons. The lowest BCUT2D eigenvalue weighted by Crippen LogP contribution is -2.38. The Bertz CT molecular complexity index is 594. The third-order valence-corrected chi connectivity index (χ3v) is 3.76. The van der Waals surface area contributed by atoms with Gasteiger partial charge in [-0.2, -0.15) is 0 Å². The molecule has 114 valence electrons. The molecule has 2 heterocycles. The first-order valence-electron chi connectivity index (χ1n) is 6.99. The Labute approximate surface area is 122 Å². The van der Waals surface area contributed by atoms with Crippen LogP contribution in [0.2, 0.25) is 0 Å². The van der Waals surface area contributed by atoms with Crippen LogP contribution in [0.4, 0.5) is 0 Å². The van der Waals surface area contributed by atoms with Gasteiger partial charge in [-0.1, -0.05) is 6.08 Å². The van der Waals surface area contributed by atoms with Crippen molar-refractivity contribution in [3.8, 4) is 5.75 Å². The highest BCUT2D eigenvalue weighted by molar-refractivity contribution is 5.70. The zero-order valence-electron chi connectivity index (χ0n) is 11.9. The summed E-state index contributed by atoms with van der Waals surface area (Å²) in [4.78, 5) is 24.7. The molecule has 6 nitrogen and oxygen atoms in total. The summed E-state index contributed by atoms with van der Waals surface area (Å²) >= 11 is 0. The van der Waals surface area contributed by atoms with Crippen LogP contribution in [0.15, 0.2) is 29.7 Å². The van der Waals surface area contributed by atoms with Gasteiger partial charge in [0.1, 0.15) is 0 Å². The maximum absolute atomic E-state index is 11.6. The summed E-state index contributed by atoms with van der Waals surface area (Å²) in [5.74, 6) is -1.41. The highest BCUT2D eigenvalue weighted by Gasteiger charge is 2.25. The van der Waals surface area contributed by atoms with E-state index in [1.807, 2.05) is 4.90 Å². The Morgan fingerprint density at radius 2 is 2.29 bits per heavy atom. The maximum atomic E-state index is 11.6. The number of hydrogen-bond acceptors (Lipinski definition) is 4. The van der Waals surface area contributed by atoms with E-state index in [1.54, 1.807) is 10.6 Å². The minimum absolute atomic E-state index is 0.289. The molecular weight excluding hydrogens is 272 g/mol. The van der Waals surface area contributed by atoms with Crippen LogP contribution in [-0.2, 0) is 17.9 Å². The number of carboxylic acids is 1. The van der Waals surface area contributed by atoms with Crippen molar-refractivity contribution in [2.24, 2.45) is 5.92 Å². The molecule has 2 N–H and O–H groups in total. The van der Waals surface area contributed by atoms with Crippen molar-refractivity contribution in [2.45, 2.75) is 25.9 Å². The van der Waals surface area contributed by atoms with Crippen molar-refractivity contribution in [3.63, 3.8) is 0 Å². The molecule has 0 saturated carbocycles. The molecule has 0 amide bonds. The lowest BCUT2D eigenvalue weighted by atomic mass is 9.98. The number of piperidine rings is 1. The fraction of sp³-hybridized carbons (Fsp3) is 0.467. The van der Waals surface area contributed by atoms with Gasteiger partial charge in [0.15, 0.2) is 5.75 Å². The molecule has 1 fully saturated rings. The third kappa shape index (κ3) is 3.72. The fourth-order valence-electron chi connectivity index (χ4n) is 2.68. The Balaban J connectivity index is 2.18. The normalized spacial score (nSPS) is 19.3. The quantitative estimate of drug-likeness (QED) is 0.792. The van der Waals surface area contributed by atoms with E-state index < -0.39 is 11.4 Å². The van der Waals surface area contributed by atoms with Gasteiger partial charge in [0.2, 0.25) is 5.43 Å². The van der Waals surface area contributed by atoms with Gasteiger partial charge < -0.3 is 14.8 Å². The number of aromatic nitrogens is 1. The van der Waals surface area contributed by atoms with E-state index in [9.17, 15) is 14.7 Å². The maximum Gasteiger partial charge on any atom is 0.307 e. The zero-order valence-corrected chi connectivity index (χ0v) is 11.9. The Morgan fingerprint density at radius 1 is 1.52 bits per heavy atom. The summed E-state index contributed by atoms with van der Waals surface area (Å²) in [5, 5.41) is 18.6. The van der Waals surface area contributed by atoms with Gasteiger partial charge in [0, 0.05) is 31.4 Å². The molecular formula is C15H20N2O4. The van der Waals surface area contributed by atoms with E-state index >= 15 is 0 Å². The molecule has 6 heteroatoms. The van der Waals surface area contributed by atoms with E-state index in [1.165, 1.54) is 12.3 Å². The lowest BCUT2D eigenvalue weighted by Gasteiger charge is -2.31. The van der Waals surface area contributed by atoms with Gasteiger partial charge in [-0.15, -0.1) is 6.58 Å². The van der Waals surface area contributed by atoms with Crippen LogP contribution >= 0.6 is 0 Å². The molecule has 0 aromatic carbocycles. The molecule has 1 atom stereocenters. The first-order chi connectivity index (χ1) is 10.0. The lowest BCUT2D eigenvalue weighted by molar-refractivity contribution is -0.143. The van der Waals surface area contributed by atoms with E-state index in [4.69, 9.17) is 5.11 Å². The molecule has 1 aromatic rings. The SMILES string of the molecule is C=CCn1cc(O)c(=O)cc1CN1CCCC(C(=O)O)C1. The average molecular weight is 292 g/mol. The van der Waals surface area contributed by atoms with Crippen molar-refractivity contribution in [1.82, 2.24) is 9.47 Å². The van der Waals surface area contributed by atoms with Crippen molar-refractivity contribution in [2.75, 3.05) is 13.1 Å². The number of likely N-dealkylation sites (tertiary alicyclic amines) is 1. The highest BCUT2D eigenvalue weighted by atomic mass is 16.4. The molecule has 1 saturated heterocycles. The van der Waals surface area contributed by atoms with Gasteiger partial charge in [0.05, 0.1) is 12.1 Å². The number of aromatic hydroxyl groups is 1. The van der Waals surface area contributed by atoms with E-state index in [0.717, 1.165) is 18.7 Å². The van der Waals surface area contributed by atoms with E-state index in [-0.39, 0.29) is 11.7 Å². The summed E-state index contributed by atoms with van der Waals surface area (Å²) in [7, 11) is 0. The minimum Gasteiger partial charge on any atom is -0.503 e. The number of hydrogen-bond donors (Lipinski definition) is 2. The molecule has 0 spiro atoms. The van der Waals surface area contributed by atoms with Gasteiger partial charge >= 0.3 is 5.97 Å². The fourth-order valence-corrected chi connectivity index (χ4v) is 2.68. The second-order valence-electron chi connectivity index (χ2n) is 5.37.